The summed E-state index contributed by atoms with van der Waals surface area (Å²) in [7, 11) is 1.50. The molecular formula is C23H27F3O6S. The van der Waals surface area contributed by atoms with Crippen molar-refractivity contribution < 1.29 is 41.7 Å². The molecule has 0 N–H and O–H groups in total. The van der Waals surface area contributed by atoms with Gasteiger partial charge in [-0.25, -0.2) is 4.79 Å². The van der Waals surface area contributed by atoms with Crippen LogP contribution in [0.3, 0.4) is 0 Å². The molecule has 0 radical (unpaired) electrons. The average molecular weight is 489 g/mol. The molecule has 0 aliphatic rings. The number of methoxy groups -OCH3 is 1. The summed E-state index contributed by atoms with van der Waals surface area (Å²) in [5.41, 5.74) is 0.127. The van der Waals surface area contributed by atoms with Gasteiger partial charge in [-0.2, -0.15) is 13.2 Å². The van der Waals surface area contributed by atoms with Crippen LogP contribution in [0.25, 0.3) is 0 Å². The van der Waals surface area contributed by atoms with Gasteiger partial charge in [0.05, 0.1) is 12.2 Å². The van der Waals surface area contributed by atoms with Gasteiger partial charge in [0.25, 0.3) is 0 Å². The van der Waals surface area contributed by atoms with Crippen molar-refractivity contribution in [1.29, 1.82) is 0 Å². The minimum absolute atomic E-state index is 0.0568. The Balaban J connectivity index is 1.90. The second kappa shape index (κ2) is 13.3. The highest BCUT2D eigenvalue weighted by atomic mass is 32.2. The summed E-state index contributed by atoms with van der Waals surface area (Å²) in [6.45, 7) is 3.94. The summed E-state index contributed by atoms with van der Waals surface area (Å²) in [6, 6.07) is 10.1. The molecule has 0 amide bonds. The lowest BCUT2D eigenvalue weighted by Gasteiger charge is -2.18. The SMILES string of the molecule is CCOC(=O)COc1ccc(SCC(COc2ccc(C(F)(F)F)cc2)OCOC)cc1C. The summed E-state index contributed by atoms with van der Waals surface area (Å²) in [5, 5.41) is 0. The third-order valence-electron chi connectivity index (χ3n) is 4.27. The van der Waals surface area contributed by atoms with Crippen molar-refractivity contribution >= 4 is 17.7 Å². The predicted octanol–water partition coefficient (Wildman–Crippen LogP) is 5.12. The van der Waals surface area contributed by atoms with E-state index < -0.39 is 17.7 Å². The molecule has 33 heavy (non-hydrogen) atoms. The van der Waals surface area contributed by atoms with E-state index in [2.05, 4.69) is 0 Å². The molecule has 0 bridgehead atoms. The van der Waals surface area contributed by atoms with Gasteiger partial charge in [-0.3, -0.25) is 0 Å². The number of ether oxygens (including phenoxy) is 5. The number of carbonyl (C=O) groups is 1. The number of alkyl halides is 3. The molecule has 2 rings (SSSR count). The van der Waals surface area contributed by atoms with Crippen LogP contribution in [0.15, 0.2) is 47.4 Å². The van der Waals surface area contributed by atoms with Gasteiger partial charge in [-0.15, -0.1) is 11.8 Å². The van der Waals surface area contributed by atoms with Crippen LogP contribution in [0.4, 0.5) is 13.2 Å². The molecule has 2 aromatic rings. The fraction of sp³-hybridized carbons (Fsp3) is 0.435. The molecule has 1 atom stereocenters. The molecule has 0 aromatic heterocycles. The number of thioether (sulfide) groups is 1. The maximum atomic E-state index is 12.7. The van der Waals surface area contributed by atoms with Gasteiger partial charge in [-0.05, 0) is 61.9 Å². The molecule has 0 saturated carbocycles. The van der Waals surface area contributed by atoms with Gasteiger partial charge >= 0.3 is 12.1 Å². The van der Waals surface area contributed by atoms with Crippen LogP contribution in [0.2, 0.25) is 0 Å². The zero-order valence-electron chi connectivity index (χ0n) is 18.6. The molecule has 1 unspecified atom stereocenters. The standard InChI is InChI=1S/C23H27F3O6S/c1-4-29-22(27)13-31-21-10-9-20(11-16(21)2)33-14-19(32-15-28-3)12-30-18-7-5-17(6-8-18)23(24,25)26/h5-11,19H,4,12-15H2,1-3H3. The van der Waals surface area contributed by atoms with Crippen molar-refractivity contribution in [1.82, 2.24) is 0 Å². The third kappa shape index (κ3) is 9.53. The lowest BCUT2D eigenvalue weighted by Crippen LogP contribution is -2.25. The Morgan fingerprint density at radius 3 is 2.42 bits per heavy atom. The number of carbonyl (C=O) groups excluding carboxylic acids is 1. The van der Waals surface area contributed by atoms with Crippen molar-refractivity contribution in [3.05, 3.63) is 53.6 Å². The average Bonchev–Trinajstić information content (AvgIpc) is 2.78. The molecule has 0 heterocycles. The fourth-order valence-electron chi connectivity index (χ4n) is 2.64. The number of rotatable bonds is 13. The van der Waals surface area contributed by atoms with Crippen LogP contribution < -0.4 is 9.47 Å². The van der Waals surface area contributed by atoms with Gasteiger partial charge < -0.3 is 23.7 Å². The number of hydrogen-bond donors (Lipinski definition) is 0. The Kier molecular flexibility index (Phi) is 10.8. The zero-order valence-corrected chi connectivity index (χ0v) is 19.5. The second-order valence-corrected chi connectivity index (χ2v) is 7.95. The van der Waals surface area contributed by atoms with Crippen LogP contribution in [-0.4, -0.2) is 51.5 Å². The van der Waals surface area contributed by atoms with Gasteiger partial charge in [-0.1, -0.05) is 0 Å². The van der Waals surface area contributed by atoms with Crippen molar-refractivity contribution in [2.45, 2.75) is 31.0 Å². The van der Waals surface area contributed by atoms with Crippen molar-refractivity contribution in [2.24, 2.45) is 0 Å². The summed E-state index contributed by atoms with van der Waals surface area (Å²) in [5.74, 6) is 0.997. The minimum Gasteiger partial charge on any atom is -0.491 e. The third-order valence-corrected chi connectivity index (χ3v) is 5.40. The largest absolute Gasteiger partial charge is 0.491 e. The summed E-state index contributed by atoms with van der Waals surface area (Å²) >= 11 is 1.52. The van der Waals surface area contributed by atoms with Crippen molar-refractivity contribution in [2.75, 3.05) is 39.5 Å². The van der Waals surface area contributed by atoms with Gasteiger partial charge in [0.2, 0.25) is 0 Å². The Morgan fingerprint density at radius 1 is 1.09 bits per heavy atom. The zero-order chi connectivity index (χ0) is 24.3. The monoisotopic (exact) mass is 488 g/mol. The molecule has 6 nitrogen and oxygen atoms in total. The van der Waals surface area contributed by atoms with Crippen molar-refractivity contribution in [3.8, 4) is 11.5 Å². The number of hydrogen-bond acceptors (Lipinski definition) is 7. The maximum absolute atomic E-state index is 12.7. The molecule has 10 heteroatoms. The highest BCUT2D eigenvalue weighted by Crippen LogP contribution is 2.30. The first-order valence-corrected chi connectivity index (χ1v) is 11.1. The van der Waals surface area contributed by atoms with E-state index in [1.807, 2.05) is 19.1 Å². The quantitative estimate of drug-likeness (QED) is 0.220. The van der Waals surface area contributed by atoms with Crippen molar-refractivity contribution in [3.63, 3.8) is 0 Å². The highest BCUT2D eigenvalue weighted by Gasteiger charge is 2.30. The van der Waals surface area contributed by atoms with Crippen LogP contribution in [0.1, 0.15) is 18.1 Å². The number of benzene rings is 2. The van der Waals surface area contributed by atoms with E-state index >= 15 is 0 Å². The van der Waals surface area contributed by atoms with Crippen LogP contribution in [-0.2, 0) is 25.2 Å². The molecule has 0 saturated heterocycles. The smallest absolute Gasteiger partial charge is 0.416 e. The first-order valence-electron chi connectivity index (χ1n) is 10.2. The van der Waals surface area contributed by atoms with Gasteiger partial charge in [0.15, 0.2) is 6.61 Å². The molecule has 0 fully saturated rings. The lowest BCUT2D eigenvalue weighted by molar-refractivity contribution is -0.145. The van der Waals surface area contributed by atoms with Crippen LogP contribution in [0.5, 0.6) is 11.5 Å². The molecule has 2 aromatic carbocycles. The molecule has 0 spiro atoms. The van der Waals surface area contributed by atoms with E-state index in [0.29, 0.717) is 23.9 Å². The van der Waals surface area contributed by atoms with E-state index in [1.165, 1.54) is 31.0 Å². The lowest BCUT2D eigenvalue weighted by atomic mass is 10.2. The topological polar surface area (TPSA) is 63.2 Å². The van der Waals surface area contributed by atoms with E-state index in [-0.39, 0.29) is 26.1 Å². The molecule has 0 aliphatic heterocycles. The highest BCUT2D eigenvalue weighted by molar-refractivity contribution is 7.99. The van der Waals surface area contributed by atoms with Gasteiger partial charge in [0.1, 0.15) is 31.0 Å². The Bertz CT molecular complexity index is 873. The first kappa shape index (κ1) is 26.8. The minimum atomic E-state index is -4.39. The summed E-state index contributed by atoms with van der Waals surface area (Å²) in [6.07, 6.45) is -4.76. The molecule has 0 aliphatic carbocycles. The number of halogens is 3. The number of esters is 1. The van der Waals surface area contributed by atoms with E-state index in [4.69, 9.17) is 23.7 Å². The van der Waals surface area contributed by atoms with E-state index in [0.717, 1.165) is 22.6 Å². The molecular weight excluding hydrogens is 461 g/mol. The van der Waals surface area contributed by atoms with E-state index in [1.54, 1.807) is 13.0 Å². The summed E-state index contributed by atoms with van der Waals surface area (Å²) < 4.78 is 64.6. The Hall–Kier alpha value is -2.43. The number of aryl methyl sites for hydroxylation is 1. The maximum Gasteiger partial charge on any atom is 0.416 e. The van der Waals surface area contributed by atoms with Crippen LogP contribution in [0, 0.1) is 6.92 Å². The summed E-state index contributed by atoms with van der Waals surface area (Å²) in [4.78, 5) is 12.4. The predicted molar refractivity (Wildman–Crippen MR) is 118 cm³/mol. The van der Waals surface area contributed by atoms with Crippen LogP contribution >= 0.6 is 11.8 Å². The Labute approximate surface area is 195 Å². The van der Waals surface area contributed by atoms with Gasteiger partial charge in [0, 0.05) is 17.8 Å². The first-order chi connectivity index (χ1) is 15.7. The fourth-order valence-corrected chi connectivity index (χ4v) is 3.64. The second-order valence-electron chi connectivity index (χ2n) is 6.86. The normalized spacial score (nSPS) is 12.3. The van der Waals surface area contributed by atoms with E-state index in [9.17, 15) is 18.0 Å². The Morgan fingerprint density at radius 2 is 1.82 bits per heavy atom. The molecule has 182 valence electrons.